The first kappa shape index (κ1) is 13.7. The molecule has 6 nitrogen and oxygen atoms in total. The van der Waals surface area contributed by atoms with Gasteiger partial charge in [-0.15, -0.1) is 11.3 Å². The largest absolute Gasteiger partial charge is 0.304 e. The maximum absolute atomic E-state index is 12.6. The average molecular weight is 303 g/mol. The number of nitro benzene ring substituents is 1. The van der Waals surface area contributed by atoms with E-state index in [0.29, 0.717) is 12.1 Å². The highest BCUT2D eigenvalue weighted by Crippen LogP contribution is 2.35. The van der Waals surface area contributed by atoms with Crippen molar-refractivity contribution in [3.05, 3.63) is 50.0 Å². The van der Waals surface area contributed by atoms with E-state index < -0.39 is 4.92 Å². The van der Waals surface area contributed by atoms with Crippen LogP contribution in [0.2, 0.25) is 0 Å². The van der Waals surface area contributed by atoms with Crippen molar-refractivity contribution in [3.8, 4) is 0 Å². The zero-order valence-electron chi connectivity index (χ0n) is 11.6. The number of hydrogen-bond acceptors (Lipinski definition) is 5. The van der Waals surface area contributed by atoms with Crippen molar-refractivity contribution in [2.75, 3.05) is 4.90 Å². The van der Waals surface area contributed by atoms with Gasteiger partial charge in [0.25, 0.3) is 11.6 Å². The predicted molar refractivity (Wildman–Crippen MR) is 79.9 cm³/mol. The Labute approximate surface area is 125 Å². The highest BCUT2D eigenvalue weighted by molar-refractivity contribution is 7.09. The summed E-state index contributed by atoms with van der Waals surface area (Å²) in [4.78, 5) is 28.9. The van der Waals surface area contributed by atoms with Crippen LogP contribution in [0.1, 0.15) is 28.0 Å². The van der Waals surface area contributed by atoms with E-state index in [9.17, 15) is 14.9 Å². The van der Waals surface area contributed by atoms with Crippen molar-refractivity contribution in [1.29, 1.82) is 0 Å². The molecule has 1 aromatic heterocycles. The van der Waals surface area contributed by atoms with Crippen molar-refractivity contribution < 1.29 is 9.72 Å². The van der Waals surface area contributed by atoms with Crippen molar-refractivity contribution in [2.45, 2.75) is 26.3 Å². The van der Waals surface area contributed by atoms with E-state index in [1.54, 1.807) is 22.4 Å². The Balaban J connectivity index is 1.99. The number of carbonyl (C=O) groups excluding carboxylic acids is 1. The van der Waals surface area contributed by atoms with Crippen LogP contribution in [0.15, 0.2) is 23.6 Å². The minimum absolute atomic E-state index is 0.0310. The van der Waals surface area contributed by atoms with Gasteiger partial charge in [0.05, 0.1) is 9.93 Å². The Morgan fingerprint density at radius 1 is 1.52 bits per heavy atom. The first-order valence-corrected chi connectivity index (χ1v) is 7.38. The summed E-state index contributed by atoms with van der Waals surface area (Å²) in [6.45, 7) is 3.79. The van der Waals surface area contributed by atoms with Crippen LogP contribution in [0, 0.1) is 17.0 Å². The first-order valence-electron chi connectivity index (χ1n) is 6.50. The molecule has 1 aliphatic heterocycles. The van der Waals surface area contributed by atoms with Crippen molar-refractivity contribution >= 4 is 28.6 Å². The molecule has 108 valence electrons. The van der Waals surface area contributed by atoms with E-state index in [0.717, 1.165) is 16.3 Å². The number of aryl methyl sites for hydroxylation is 1. The number of fused-ring (bicyclic) bond motifs is 1. The van der Waals surface area contributed by atoms with Crippen LogP contribution < -0.4 is 4.90 Å². The molecule has 1 aromatic carbocycles. The summed E-state index contributed by atoms with van der Waals surface area (Å²) in [6, 6.07) is 4.60. The molecule has 7 heteroatoms. The zero-order valence-corrected chi connectivity index (χ0v) is 12.4. The van der Waals surface area contributed by atoms with Crippen molar-refractivity contribution in [1.82, 2.24) is 4.98 Å². The van der Waals surface area contributed by atoms with Crippen LogP contribution in [-0.4, -0.2) is 21.9 Å². The Bertz CT molecular complexity index is 741. The highest BCUT2D eigenvalue weighted by atomic mass is 32.1. The van der Waals surface area contributed by atoms with Gasteiger partial charge in [0.1, 0.15) is 5.69 Å². The number of hydrogen-bond donors (Lipinski definition) is 0. The minimum Gasteiger partial charge on any atom is -0.304 e. The lowest BCUT2D eigenvalue weighted by molar-refractivity contribution is -0.384. The average Bonchev–Trinajstić information content (AvgIpc) is 2.99. The van der Waals surface area contributed by atoms with Gasteiger partial charge in [-0.1, -0.05) is 0 Å². The smallest absolute Gasteiger partial charge is 0.278 e. The zero-order chi connectivity index (χ0) is 15.1. The summed E-state index contributed by atoms with van der Waals surface area (Å²) < 4.78 is 0. The van der Waals surface area contributed by atoms with Gasteiger partial charge < -0.3 is 4.90 Å². The van der Waals surface area contributed by atoms with Crippen LogP contribution in [0.5, 0.6) is 0 Å². The Morgan fingerprint density at radius 2 is 2.29 bits per heavy atom. The van der Waals surface area contributed by atoms with Crippen LogP contribution in [0.3, 0.4) is 0 Å². The second-order valence-corrected chi connectivity index (χ2v) is 6.11. The summed E-state index contributed by atoms with van der Waals surface area (Å²) in [5.41, 5.74) is 2.05. The summed E-state index contributed by atoms with van der Waals surface area (Å²) in [5.74, 6) is -0.153. The molecule has 0 saturated carbocycles. The van der Waals surface area contributed by atoms with E-state index in [-0.39, 0.29) is 17.6 Å². The van der Waals surface area contributed by atoms with Crippen LogP contribution in [-0.2, 0) is 6.42 Å². The SMILES string of the molecule is Cc1nc(C(=O)N2c3ccc([N+](=O)[O-])cc3C[C@@H]2C)cs1. The highest BCUT2D eigenvalue weighted by Gasteiger charge is 2.33. The number of nitrogens with zero attached hydrogens (tertiary/aromatic N) is 3. The van der Waals surface area contributed by atoms with Gasteiger partial charge in [0.2, 0.25) is 0 Å². The summed E-state index contributed by atoms with van der Waals surface area (Å²) in [7, 11) is 0. The molecule has 0 aliphatic carbocycles. The van der Waals surface area contributed by atoms with Gasteiger partial charge in [-0.05, 0) is 31.9 Å². The van der Waals surface area contributed by atoms with Gasteiger partial charge in [-0.3, -0.25) is 14.9 Å². The predicted octanol–water partition coefficient (Wildman–Crippen LogP) is 2.95. The molecule has 1 atom stereocenters. The molecule has 0 N–H and O–H groups in total. The molecular weight excluding hydrogens is 290 g/mol. The van der Waals surface area contributed by atoms with E-state index >= 15 is 0 Å². The number of thiazole rings is 1. The first-order chi connectivity index (χ1) is 9.97. The molecule has 0 radical (unpaired) electrons. The number of nitro groups is 1. The minimum atomic E-state index is -0.417. The molecule has 3 rings (SSSR count). The quantitative estimate of drug-likeness (QED) is 0.631. The van der Waals surface area contributed by atoms with Crippen molar-refractivity contribution in [3.63, 3.8) is 0 Å². The van der Waals surface area contributed by atoms with Gasteiger partial charge in [-0.25, -0.2) is 4.98 Å². The summed E-state index contributed by atoms with van der Waals surface area (Å²) in [6.07, 6.45) is 0.617. The number of non-ortho nitro benzene ring substituents is 1. The molecule has 0 spiro atoms. The van der Waals surface area contributed by atoms with Crippen LogP contribution in [0.4, 0.5) is 11.4 Å². The molecule has 21 heavy (non-hydrogen) atoms. The van der Waals surface area contributed by atoms with Gasteiger partial charge in [0, 0.05) is 29.2 Å². The lowest BCUT2D eigenvalue weighted by Crippen LogP contribution is -2.35. The van der Waals surface area contributed by atoms with Crippen molar-refractivity contribution in [2.24, 2.45) is 0 Å². The number of benzene rings is 1. The monoisotopic (exact) mass is 303 g/mol. The second kappa shape index (κ2) is 4.92. The molecule has 2 aromatic rings. The van der Waals surface area contributed by atoms with E-state index in [1.165, 1.54) is 17.4 Å². The van der Waals surface area contributed by atoms with E-state index in [2.05, 4.69) is 4.98 Å². The lowest BCUT2D eigenvalue weighted by Gasteiger charge is -2.21. The normalized spacial score (nSPS) is 16.9. The molecule has 0 saturated heterocycles. The third-order valence-corrected chi connectivity index (χ3v) is 4.32. The van der Waals surface area contributed by atoms with Gasteiger partial charge in [-0.2, -0.15) is 0 Å². The number of amides is 1. The molecular formula is C14H13N3O3S. The number of aromatic nitrogens is 1. The van der Waals surface area contributed by atoms with E-state index in [1.807, 2.05) is 13.8 Å². The van der Waals surface area contributed by atoms with Crippen LogP contribution in [0.25, 0.3) is 0 Å². The fraction of sp³-hybridized carbons (Fsp3) is 0.286. The Kier molecular flexibility index (Phi) is 3.21. The van der Waals surface area contributed by atoms with Gasteiger partial charge >= 0.3 is 0 Å². The molecule has 0 unspecified atom stereocenters. The number of anilines is 1. The lowest BCUT2D eigenvalue weighted by atomic mass is 10.1. The summed E-state index contributed by atoms with van der Waals surface area (Å²) >= 11 is 1.43. The van der Waals surface area contributed by atoms with Gasteiger partial charge in [0.15, 0.2) is 0 Å². The third kappa shape index (κ3) is 2.29. The Hall–Kier alpha value is -2.28. The molecule has 0 fully saturated rings. The summed E-state index contributed by atoms with van der Waals surface area (Å²) in [5, 5.41) is 13.4. The molecule has 1 aliphatic rings. The Morgan fingerprint density at radius 3 is 2.90 bits per heavy atom. The molecule has 1 amide bonds. The topological polar surface area (TPSA) is 76.3 Å². The maximum Gasteiger partial charge on any atom is 0.278 e. The standard InChI is InChI=1S/C14H13N3O3S/c1-8-5-10-6-11(17(19)20)3-4-13(10)16(8)14(18)12-7-21-9(2)15-12/h3-4,6-8H,5H2,1-2H3/t8-/m0/s1. The fourth-order valence-electron chi connectivity index (χ4n) is 2.63. The maximum atomic E-state index is 12.6. The number of rotatable bonds is 2. The molecule has 0 bridgehead atoms. The van der Waals surface area contributed by atoms with Crippen LogP contribution >= 0.6 is 11.3 Å². The molecule has 2 heterocycles. The van der Waals surface area contributed by atoms with E-state index in [4.69, 9.17) is 0 Å². The number of carbonyl (C=O) groups is 1. The fourth-order valence-corrected chi connectivity index (χ4v) is 3.21. The second-order valence-electron chi connectivity index (χ2n) is 5.05. The third-order valence-electron chi connectivity index (χ3n) is 3.55.